The van der Waals surface area contributed by atoms with Gasteiger partial charge < -0.3 is 9.47 Å². The topological polar surface area (TPSA) is 38.8 Å². The highest BCUT2D eigenvalue weighted by molar-refractivity contribution is 5.75. The van der Waals surface area contributed by atoms with Crippen LogP contribution < -0.4 is 0 Å². The molecule has 2 heterocycles. The summed E-state index contributed by atoms with van der Waals surface area (Å²) in [5, 5.41) is 0. The van der Waals surface area contributed by atoms with E-state index in [1.807, 2.05) is 0 Å². The van der Waals surface area contributed by atoms with Crippen molar-refractivity contribution in [3.05, 3.63) is 0 Å². The molecule has 0 N–H and O–H groups in total. The van der Waals surface area contributed by atoms with Crippen LogP contribution in [0.4, 0.5) is 0 Å². The second-order valence-electron chi connectivity index (χ2n) is 6.34. The molecule has 2 atom stereocenters. The van der Waals surface area contributed by atoms with Gasteiger partial charge in [0.1, 0.15) is 6.04 Å². The van der Waals surface area contributed by atoms with Crippen LogP contribution in [0.5, 0.6) is 0 Å². The summed E-state index contributed by atoms with van der Waals surface area (Å²) in [6, 6.07) is -0.0336. The number of carbonyl (C=O) groups is 1. The number of nitrogens with zero attached hydrogens (tertiary/aromatic N) is 1. The summed E-state index contributed by atoms with van der Waals surface area (Å²) in [6.45, 7) is 1.91. The minimum Gasteiger partial charge on any atom is -0.468 e. The quantitative estimate of drug-likeness (QED) is 0.734. The third-order valence-electron chi connectivity index (χ3n) is 5.13. The van der Waals surface area contributed by atoms with Crippen molar-refractivity contribution in [1.29, 1.82) is 0 Å². The van der Waals surface area contributed by atoms with Gasteiger partial charge in [0.2, 0.25) is 0 Å². The number of carbonyl (C=O) groups excluding carboxylic acids is 1. The lowest BCUT2D eigenvalue weighted by molar-refractivity contribution is -0.146. The van der Waals surface area contributed by atoms with Crippen molar-refractivity contribution in [2.75, 3.05) is 20.2 Å². The average molecular weight is 267 g/mol. The molecule has 19 heavy (non-hydrogen) atoms. The summed E-state index contributed by atoms with van der Waals surface area (Å²) in [6.07, 6.45) is 9.85. The summed E-state index contributed by atoms with van der Waals surface area (Å²) in [5.41, 5.74) is 0.200. The molecular formula is C15H25NO3. The zero-order chi connectivity index (χ0) is 13.3. The number of ether oxygens (including phenoxy) is 2. The van der Waals surface area contributed by atoms with E-state index in [9.17, 15) is 4.79 Å². The second kappa shape index (κ2) is 5.41. The first-order valence-corrected chi connectivity index (χ1v) is 7.72. The first-order valence-electron chi connectivity index (χ1n) is 7.72. The summed E-state index contributed by atoms with van der Waals surface area (Å²) >= 11 is 0. The minimum absolute atomic E-state index is 0.0336. The fourth-order valence-corrected chi connectivity index (χ4v) is 4.12. The van der Waals surface area contributed by atoms with Crippen LogP contribution in [0, 0.1) is 0 Å². The Labute approximate surface area is 115 Å². The van der Waals surface area contributed by atoms with Crippen LogP contribution in [-0.2, 0) is 14.3 Å². The predicted octanol–water partition coefficient (Wildman–Crippen LogP) is 2.12. The maximum absolute atomic E-state index is 11.7. The molecular weight excluding hydrogens is 242 g/mol. The number of likely N-dealkylation sites (tertiary alicyclic amines) is 1. The Kier molecular flexibility index (Phi) is 3.81. The largest absolute Gasteiger partial charge is 0.468 e. The van der Waals surface area contributed by atoms with Gasteiger partial charge in [-0.15, -0.1) is 0 Å². The van der Waals surface area contributed by atoms with Crippen molar-refractivity contribution < 1.29 is 14.3 Å². The highest BCUT2D eigenvalue weighted by atomic mass is 16.5. The number of esters is 1. The highest BCUT2D eigenvalue weighted by Crippen LogP contribution is 2.43. The molecule has 0 bridgehead atoms. The van der Waals surface area contributed by atoms with E-state index >= 15 is 0 Å². The number of hydrogen-bond donors (Lipinski definition) is 0. The van der Waals surface area contributed by atoms with Gasteiger partial charge in [0.25, 0.3) is 0 Å². The molecule has 2 aliphatic heterocycles. The van der Waals surface area contributed by atoms with Crippen molar-refractivity contribution in [2.45, 2.75) is 69.1 Å². The molecule has 4 nitrogen and oxygen atoms in total. The molecule has 108 valence electrons. The van der Waals surface area contributed by atoms with E-state index in [0.29, 0.717) is 6.10 Å². The molecule has 3 rings (SSSR count). The van der Waals surface area contributed by atoms with Crippen LogP contribution >= 0.6 is 0 Å². The Bertz CT molecular complexity index is 338. The minimum atomic E-state index is -0.0777. The summed E-state index contributed by atoms with van der Waals surface area (Å²) < 4.78 is 11.2. The zero-order valence-electron chi connectivity index (χ0n) is 11.9. The second-order valence-corrected chi connectivity index (χ2v) is 6.34. The summed E-state index contributed by atoms with van der Waals surface area (Å²) in [5.74, 6) is -0.0777. The average Bonchev–Trinajstić information content (AvgIpc) is 3.13. The van der Waals surface area contributed by atoms with E-state index in [4.69, 9.17) is 9.47 Å². The maximum Gasteiger partial charge on any atom is 0.323 e. The van der Waals surface area contributed by atoms with Crippen LogP contribution in [0.25, 0.3) is 0 Å². The molecule has 3 fully saturated rings. The van der Waals surface area contributed by atoms with Crippen molar-refractivity contribution in [2.24, 2.45) is 0 Å². The molecule has 3 aliphatic rings. The van der Waals surface area contributed by atoms with Gasteiger partial charge >= 0.3 is 5.97 Å². The molecule has 0 radical (unpaired) electrons. The van der Waals surface area contributed by atoms with E-state index in [-0.39, 0.29) is 17.6 Å². The highest BCUT2D eigenvalue weighted by Gasteiger charge is 2.43. The van der Waals surface area contributed by atoms with Crippen molar-refractivity contribution in [1.82, 2.24) is 4.90 Å². The van der Waals surface area contributed by atoms with Gasteiger partial charge in [-0.3, -0.25) is 9.69 Å². The smallest absolute Gasteiger partial charge is 0.323 e. The Hall–Kier alpha value is -0.610. The van der Waals surface area contributed by atoms with E-state index < -0.39 is 0 Å². The van der Waals surface area contributed by atoms with Gasteiger partial charge in [0.05, 0.1) is 18.8 Å². The fourth-order valence-electron chi connectivity index (χ4n) is 4.12. The molecule has 0 amide bonds. The lowest BCUT2D eigenvalue weighted by Crippen LogP contribution is -2.41. The molecule has 2 saturated heterocycles. The lowest BCUT2D eigenvalue weighted by atomic mass is 9.98. The normalized spacial score (nSPS) is 34.2. The van der Waals surface area contributed by atoms with Crippen LogP contribution in [0.1, 0.15) is 51.4 Å². The van der Waals surface area contributed by atoms with Gasteiger partial charge in [0, 0.05) is 6.54 Å². The van der Waals surface area contributed by atoms with E-state index in [1.165, 1.54) is 39.2 Å². The van der Waals surface area contributed by atoms with Gasteiger partial charge in [0.15, 0.2) is 0 Å². The van der Waals surface area contributed by atoms with E-state index in [2.05, 4.69) is 4.90 Å². The Morgan fingerprint density at radius 2 is 2.05 bits per heavy atom. The fraction of sp³-hybridized carbons (Fsp3) is 0.933. The SMILES string of the molecule is COC(=O)C1CCCN1CC1CCC2(CCCC2)O1. The van der Waals surface area contributed by atoms with Gasteiger partial charge in [-0.05, 0) is 45.1 Å². The monoisotopic (exact) mass is 267 g/mol. The van der Waals surface area contributed by atoms with E-state index in [1.54, 1.807) is 0 Å². The van der Waals surface area contributed by atoms with Crippen LogP contribution in [0.2, 0.25) is 0 Å². The standard InChI is InChI=1S/C15H25NO3/c1-18-14(17)13-5-4-10-16(13)11-12-6-9-15(19-12)7-2-3-8-15/h12-13H,2-11H2,1H3. The molecule has 0 aromatic rings. The molecule has 1 saturated carbocycles. The van der Waals surface area contributed by atoms with Gasteiger partial charge in [-0.1, -0.05) is 12.8 Å². The number of rotatable bonds is 3. The predicted molar refractivity (Wildman–Crippen MR) is 71.9 cm³/mol. The Balaban J connectivity index is 1.55. The van der Waals surface area contributed by atoms with Crippen LogP contribution in [0.3, 0.4) is 0 Å². The van der Waals surface area contributed by atoms with Gasteiger partial charge in [-0.25, -0.2) is 0 Å². The molecule has 1 spiro atoms. The Morgan fingerprint density at radius 1 is 1.26 bits per heavy atom. The number of methoxy groups -OCH3 is 1. The zero-order valence-corrected chi connectivity index (χ0v) is 11.9. The number of hydrogen-bond acceptors (Lipinski definition) is 4. The van der Waals surface area contributed by atoms with Crippen molar-refractivity contribution >= 4 is 5.97 Å². The third-order valence-corrected chi connectivity index (χ3v) is 5.13. The van der Waals surface area contributed by atoms with Crippen LogP contribution in [0.15, 0.2) is 0 Å². The third kappa shape index (κ3) is 2.65. The molecule has 0 aromatic heterocycles. The first-order chi connectivity index (χ1) is 9.22. The maximum atomic E-state index is 11.7. The lowest BCUT2D eigenvalue weighted by Gasteiger charge is -2.28. The van der Waals surface area contributed by atoms with Crippen molar-refractivity contribution in [3.8, 4) is 0 Å². The molecule has 0 aromatic carbocycles. The molecule has 2 unspecified atom stereocenters. The summed E-state index contributed by atoms with van der Waals surface area (Å²) in [7, 11) is 1.48. The molecule has 1 aliphatic carbocycles. The van der Waals surface area contributed by atoms with Crippen molar-refractivity contribution in [3.63, 3.8) is 0 Å². The molecule has 4 heteroatoms. The summed E-state index contributed by atoms with van der Waals surface area (Å²) in [4.78, 5) is 14.0. The van der Waals surface area contributed by atoms with Gasteiger partial charge in [-0.2, -0.15) is 0 Å². The first kappa shape index (κ1) is 13.4. The Morgan fingerprint density at radius 3 is 2.79 bits per heavy atom. The van der Waals surface area contributed by atoms with E-state index in [0.717, 1.165) is 32.4 Å². The van der Waals surface area contributed by atoms with Crippen LogP contribution in [-0.4, -0.2) is 48.8 Å².